The normalized spacial score (nSPS) is 11.6. The minimum absolute atomic E-state index is 0.0183. The Bertz CT molecular complexity index is 792. The predicted octanol–water partition coefficient (Wildman–Crippen LogP) is 4.81. The molecule has 0 heterocycles. The van der Waals surface area contributed by atoms with Crippen molar-refractivity contribution in [1.29, 1.82) is 0 Å². The Morgan fingerprint density at radius 2 is 1.33 bits per heavy atom. The summed E-state index contributed by atoms with van der Waals surface area (Å²) in [5.74, 6) is -1.15. The van der Waals surface area contributed by atoms with Gasteiger partial charge in [0.2, 0.25) is 0 Å². The lowest BCUT2D eigenvalue weighted by Crippen LogP contribution is -2.29. The van der Waals surface area contributed by atoms with Crippen LogP contribution in [0.25, 0.3) is 0 Å². The first-order valence-corrected chi connectivity index (χ1v) is 7.27. The topological polar surface area (TPSA) is 59.6 Å². The van der Waals surface area contributed by atoms with Gasteiger partial charge < -0.3 is 20.1 Å². The van der Waals surface area contributed by atoms with Gasteiger partial charge in [0.25, 0.3) is 0 Å². The van der Waals surface area contributed by atoms with Crippen molar-refractivity contribution in [3.8, 4) is 11.5 Å². The van der Waals surface area contributed by atoms with Crippen LogP contribution >= 0.6 is 0 Å². The number of alkyl halides is 6. The third kappa shape index (κ3) is 6.96. The molecule has 0 spiro atoms. The number of carbonyl (C=O) groups excluding carboxylic acids is 1. The molecule has 0 fully saturated rings. The van der Waals surface area contributed by atoms with Crippen LogP contribution < -0.4 is 20.1 Å². The van der Waals surface area contributed by atoms with Crippen molar-refractivity contribution >= 4 is 11.7 Å². The lowest BCUT2D eigenvalue weighted by Gasteiger charge is -2.15. The number of ether oxygens (including phenoxy) is 2. The van der Waals surface area contributed by atoms with Crippen LogP contribution in [-0.4, -0.2) is 18.8 Å². The Balaban J connectivity index is 2.02. The highest BCUT2D eigenvalue weighted by molar-refractivity contribution is 5.90. The number of urea groups is 1. The third-order valence-corrected chi connectivity index (χ3v) is 3.00. The molecule has 0 bridgehead atoms. The highest BCUT2D eigenvalue weighted by Crippen LogP contribution is 2.30. The van der Waals surface area contributed by atoms with E-state index in [0.29, 0.717) is 0 Å². The van der Waals surface area contributed by atoms with Crippen LogP contribution in [0.1, 0.15) is 5.56 Å². The zero-order valence-electron chi connectivity index (χ0n) is 13.3. The van der Waals surface area contributed by atoms with Gasteiger partial charge in [-0.1, -0.05) is 30.3 Å². The zero-order chi connectivity index (χ0) is 20.1. The monoisotopic (exact) mass is 394 g/mol. The highest BCUT2D eigenvalue weighted by atomic mass is 19.4. The molecule has 146 valence electrons. The smallest absolute Gasteiger partial charge is 0.405 e. The maximum absolute atomic E-state index is 12.4. The van der Waals surface area contributed by atoms with E-state index in [1.165, 1.54) is 36.4 Å². The van der Waals surface area contributed by atoms with Gasteiger partial charge in [-0.25, -0.2) is 4.79 Å². The summed E-state index contributed by atoms with van der Waals surface area (Å²) in [6.45, 7) is -0.361. The Morgan fingerprint density at radius 3 is 1.96 bits per heavy atom. The molecule has 0 saturated carbocycles. The summed E-state index contributed by atoms with van der Waals surface area (Å²) in [5.41, 5.74) is -0.253. The summed E-state index contributed by atoms with van der Waals surface area (Å²) < 4.78 is 81.8. The molecule has 0 radical (unpaired) electrons. The van der Waals surface area contributed by atoms with Crippen LogP contribution in [0.3, 0.4) is 0 Å². The molecule has 0 unspecified atom stereocenters. The standard InChI is InChI=1S/C16H12F6N2O3/c17-15(18,19)26-12-7-3-1-5-10(12)9-23-14(25)24-11-6-2-4-8-13(11)27-16(20,21)22/h1-8H,9H2,(H2,23,24,25). The van der Waals surface area contributed by atoms with Gasteiger partial charge in [-0.15, -0.1) is 26.3 Å². The SMILES string of the molecule is O=C(NCc1ccccc1OC(F)(F)F)Nc1ccccc1OC(F)(F)F. The first-order valence-electron chi connectivity index (χ1n) is 7.27. The van der Waals surface area contributed by atoms with E-state index in [-0.39, 0.29) is 17.8 Å². The molecule has 27 heavy (non-hydrogen) atoms. The molecular weight excluding hydrogens is 382 g/mol. The number of anilines is 1. The molecule has 11 heteroatoms. The Labute approximate surface area is 148 Å². The summed E-state index contributed by atoms with van der Waals surface area (Å²) >= 11 is 0. The lowest BCUT2D eigenvalue weighted by molar-refractivity contribution is -0.275. The van der Waals surface area contributed by atoms with Gasteiger partial charge >= 0.3 is 18.8 Å². The number of carbonyl (C=O) groups is 1. The summed E-state index contributed by atoms with van der Waals surface area (Å²) in [6.07, 6.45) is -9.87. The predicted molar refractivity (Wildman–Crippen MR) is 82.1 cm³/mol. The van der Waals surface area contributed by atoms with Gasteiger partial charge in [0.1, 0.15) is 5.75 Å². The van der Waals surface area contributed by atoms with Gasteiger partial charge in [-0.3, -0.25) is 0 Å². The first-order chi connectivity index (χ1) is 12.5. The fourth-order valence-corrected chi connectivity index (χ4v) is 2.00. The molecule has 2 N–H and O–H groups in total. The molecule has 5 nitrogen and oxygen atoms in total. The first kappa shape index (κ1) is 20.2. The van der Waals surface area contributed by atoms with E-state index in [4.69, 9.17) is 0 Å². The van der Waals surface area contributed by atoms with Crippen molar-refractivity contribution in [3.05, 3.63) is 54.1 Å². The third-order valence-electron chi connectivity index (χ3n) is 3.00. The Kier molecular flexibility index (Phi) is 6.03. The van der Waals surface area contributed by atoms with E-state index < -0.39 is 30.3 Å². The van der Waals surface area contributed by atoms with Gasteiger partial charge in [0, 0.05) is 12.1 Å². The highest BCUT2D eigenvalue weighted by Gasteiger charge is 2.33. The molecule has 2 amide bonds. The second kappa shape index (κ2) is 8.06. The van der Waals surface area contributed by atoms with E-state index in [1.54, 1.807) is 0 Å². The van der Waals surface area contributed by atoms with E-state index in [1.807, 2.05) is 0 Å². The minimum atomic E-state index is -4.96. The number of hydrogen-bond donors (Lipinski definition) is 2. The van der Waals surface area contributed by atoms with Crippen LogP contribution in [0.15, 0.2) is 48.5 Å². The number of amides is 2. The van der Waals surface area contributed by atoms with Crippen LogP contribution in [0.4, 0.5) is 36.8 Å². The second-order valence-electron chi connectivity index (χ2n) is 5.01. The van der Waals surface area contributed by atoms with Crippen molar-refractivity contribution in [2.75, 3.05) is 5.32 Å². The van der Waals surface area contributed by atoms with E-state index in [9.17, 15) is 31.1 Å². The average molecular weight is 394 g/mol. The van der Waals surface area contributed by atoms with Crippen molar-refractivity contribution in [1.82, 2.24) is 5.32 Å². The summed E-state index contributed by atoms with van der Waals surface area (Å²) in [4.78, 5) is 11.9. The van der Waals surface area contributed by atoms with Crippen molar-refractivity contribution < 1.29 is 40.6 Å². The molecule has 2 rings (SSSR count). The van der Waals surface area contributed by atoms with Crippen molar-refractivity contribution in [2.45, 2.75) is 19.3 Å². The second-order valence-corrected chi connectivity index (χ2v) is 5.01. The molecule has 0 saturated heterocycles. The van der Waals surface area contributed by atoms with E-state index >= 15 is 0 Å². The van der Waals surface area contributed by atoms with Gasteiger partial charge in [0.05, 0.1) is 5.69 Å². The number of para-hydroxylation sites is 3. The Morgan fingerprint density at radius 1 is 0.815 bits per heavy atom. The molecule has 0 aliphatic carbocycles. The molecule has 0 aliphatic rings. The maximum atomic E-state index is 12.4. The largest absolute Gasteiger partial charge is 0.573 e. The van der Waals surface area contributed by atoms with Gasteiger partial charge in [-0.05, 0) is 18.2 Å². The van der Waals surface area contributed by atoms with E-state index in [2.05, 4.69) is 20.1 Å². The molecule has 2 aromatic carbocycles. The molecule has 0 atom stereocenters. The minimum Gasteiger partial charge on any atom is -0.405 e. The molecular formula is C16H12F6N2O3. The number of halogens is 6. The zero-order valence-corrected chi connectivity index (χ0v) is 13.3. The number of hydrogen-bond acceptors (Lipinski definition) is 3. The number of benzene rings is 2. The van der Waals surface area contributed by atoms with Crippen molar-refractivity contribution in [3.63, 3.8) is 0 Å². The summed E-state index contributed by atoms with van der Waals surface area (Å²) in [6, 6.07) is 8.96. The molecule has 0 aromatic heterocycles. The van der Waals surface area contributed by atoms with Crippen LogP contribution in [0.5, 0.6) is 11.5 Å². The summed E-state index contributed by atoms with van der Waals surface area (Å²) in [5, 5.41) is 4.36. The van der Waals surface area contributed by atoms with E-state index in [0.717, 1.165) is 12.1 Å². The van der Waals surface area contributed by atoms with Gasteiger partial charge in [-0.2, -0.15) is 0 Å². The summed E-state index contributed by atoms with van der Waals surface area (Å²) in [7, 11) is 0. The molecule has 2 aromatic rings. The number of rotatable bonds is 5. The van der Waals surface area contributed by atoms with Crippen LogP contribution in [0, 0.1) is 0 Å². The van der Waals surface area contributed by atoms with Crippen LogP contribution in [0.2, 0.25) is 0 Å². The fourth-order valence-electron chi connectivity index (χ4n) is 2.00. The lowest BCUT2D eigenvalue weighted by atomic mass is 10.2. The molecule has 0 aliphatic heterocycles. The maximum Gasteiger partial charge on any atom is 0.573 e. The number of nitrogens with one attached hydrogen (secondary N) is 2. The van der Waals surface area contributed by atoms with Gasteiger partial charge in [0.15, 0.2) is 5.75 Å². The quantitative estimate of drug-likeness (QED) is 0.716. The van der Waals surface area contributed by atoms with Crippen LogP contribution in [-0.2, 0) is 6.54 Å². The van der Waals surface area contributed by atoms with Crippen molar-refractivity contribution in [2.24, 2.45) is 0 Å². The average Bonchev–Trinajstić information content (AvgIpc) is 2.53. The fraction of sp³-hybridized carbons (Fsp3) is 0.188. The Hall–Kier alpha value is -3.11.